The molecule has 1 fully saturated rings. The van der Waals surface area contributed by atoms with Crippen molar-refractivity contribution in [2.45, 2.75) is 26.3 Å². The van der Waals surface area contributed by atoms with Gasteiger partial charge in [0, 0.05) is 52.5 Å². The Kier molecular flexibility index (Phi) is 6.26. The Morgan fingerprint density at radius 3 is 2.71 bits per heavy atom. The zero-order chi connectivity index (χ0) is 17.5. The third-order valence-electron chi connectivity index (χ3n) is 4.25. The number of aromatic nitrogens is 2. The van der Waals surface area contributed by atoms with Gasteiger partial charge in [-0.15, -0.1) is 0 Å². The van der Waals surface area contributed by atoms with Crippen molar-refractivity contribution in [3.63, 3.8) is 0 Å². The molecule has 1 aromatic rings. The Labute approximate surface area is 140 Å². The fourth-order valence-electron chi connectivity index (χ4n) is 2.81. The monoisotopic (exact) mass is 334 g/mol. The molecule has 1 aliphatic heterocycles. The normalized spacial score (nSPS) is 15.2. The topological polar surface area (TPSA) is 88.9 Å². The van der Waals surface area contributed by atoms with E-state index in [0.717, 1.165) is 13.1 Å². The summed E-state index contributed by atoms with van der Waals surface area (Å²) in [5, 5.41) is 11.0. The van der Waals surface area contributed by atoms with E-state index >= 15 is 0 Å². The first-order valence-electron chi connectivity index (χ1n) is 8.02. The average molecular weight is 334 g/mol. The number of amides is 1. The number of piperazine rings is 1. The lowest BCUT2D eigenvalue weighted by Crippen LogP contribution is -2.49. The molecule has 0 aromatic carbocycles. The lowest BCUT2D eigenvalue weighted by Gasteiger charge is -2.34. The summed E-state index contributed by atoms with van der Waals surface area (Å²) in [6, 6.07) is 0. The van der Waals surface area contributed by atoms with Gasteiger partial charge in [0.25, 0.3) is 0 Å². The Hall–Kier alpha value is -2.47. The maximum absolute atomic E-state index is 12.0. The van der Waals surface area contributed by atoms with Crippen LogP contribution in [-0.2, 0) is 11.3 Å². The molecule has 0 saturated carbocycles. The van der Waals surface area contributed by atoms with Gasteiger partial charge in [-0.05, 0) is 4.92 Å². The molecule has 0 atom stereocenters. The zero-order valence-corrected chi connectivity index (χ0v) is 13.8. The molecule has 1 amide bonds. The molecule has 1 aromatic heterocycles. The smallest absolute Gasteiger partial charge is 0.342 e. The molecule has 9 nitrogen and oxygen atoms in total. The van der Waals surface area contributed by atoms with Crippen molar-refractivity contribution in [1.82, 2.24) is 19.4 Å². The van der Waals surface area contributed by atoms with Crippen LogP contribution >= 0.6 is 0 Å². The van der Waals surface area contributed by atoms with Gasteiger partial charge in [0.1, 0.15) is 12.7 Å². The van der Waals surface area contributed by atoms with Crippen LogP contribution in [0.15, 0.2) is 6.20 Å². The molecule has 1 saturated heterocycles. The van der Waals surface area contributed by atoms with Gasteiger partial charge in [-0.1, -0.05) is 0 Å². The van der Waals surface area contributed by atoms with Crippen LogP contribution in [0.2, 0.25) is 0 Å². The van der Waals surface area contributed by atoms with Gasteiger partial charge in [0.15, 0.2) is 5.82 Å². The van der Waals surface area contributed by atoms with Gasteiger partial charge in [0.05, 0.1) is 0 Å². The minimum absolute atomic E-state index is 0.0149. The van der Waals surface area contributed by atoms with Gasteiger partial charge in [0.2, 0.25) is 12.5 Å². The first-order valence-corrected chi connectivity index (χ1v) is 8.02. The lowest BCUT2D eigenvalue weighted by molar-refractivity contribution is -0.392. The predicted molar refractivity (Wildman–Crippen MR) is 87.3 cm³/mol. The highest BCUT2D eigenvalue weighted by Crippen LogP contribution is 2.14. The van der Waals surface area contributed by atoms with E-state index in [1.807, 2.05) is 4.90 Å². The van der Waals surface area contributed by atoms with Crippen molar-refractivity contribution >= 4 is 11.7 Å². The third-order valence-corrected chi connectivity index (χ3v) is 4.25. The Morgan fingerprint density at radius 1 is 1.38 bits per heavy atom. The minimum Gasteiger partial charge on any atom is -0.358 e. The van der Waals surface area contributed by atoms with Gasteiger partial charge in [-0.2, -0.15) is 0 Å². The van der Waals surface area contributed by atoms with E-state index in [0.29, 0.717) is 51.4 Å². The first kappa shape index (κ1) is 17.9. The standard InChI is InChI=1S/C15H22N6O3/c1-13-17-12-14(21(23)24)20(13)11-8-18-6-9-19(10-7-18)15(22)4-3-5-16-2/h12H,3-11H2,1H3. The van der Waals surface area contributed by atoms with E-state index in [2.05, 4.69) is 14.7 Å². The molecule has 0 aliphatic carbocycles. The maximum Gasteiger partial charge on any atom is 0.342 e. The van der Waals surface area contributed by atoms with E-state index < -0.39 is 4.92 Å². The molecule has 130 valence electrons. The molecular weight excluding hydrogens is 312 g/mol. The number of carbonyl (C=O) groups is 1. The summed E-state index contributed by atoms with van der Waals surface area (Å²) in [5.74, 6) is 0.760. The number of carbonyl (C=O) groups excluding carboxylic acids is 1. The number of hydrogen-bond acceptors (Lipinski definition) is 5. The van der Waals surface area contributed by atoms with Crippen molar-refractivity contribution in [3.8, 4) is 0 Å². The molecule has 0 radical (unpaired) electrons. The van der Waals surface area contributed by atoms with Gasteiger partial charge in [-0.25, -0.2) is 16.1 Å². The fourth-order valence-corrected chi connectivity index (χ4v) is 2.81. The van der Waals surface area contributed by atoms with E-state index in [1.54, 1.807) is 11.5 Å². The number of aryl methyl sites for hydroxylation is 1. The summed E-state index contributed by atoms with van der Waals surface area (Å²) in [6.45, 7) is 12.9. The van der Waals surface area contributed by atoms with Crippen LogP contribution in [0.1, 0.15) is 18.7 Å². The second-order valence-corrected chi connectivity index (χ2v) is 5.78. The summed E-state index contributed by atoms with van der Waals surface area (Å²) in [7, 11) is 0. The van der Waals surface area contributed by atoms with Crippen molar-refractivity contribution in [2.24, 2.45) is 0 Å². The molecule has 0 N–H and O–H groups in total. The number of nitro groups is 1. The van der Waals surface area contributed by atoms with Crippen LogP contribution in [0, 0.1) is 23.6 Å². The van der Waals surface area contributed by atoms with Gasteiger partial charge in [-0.3, -0.25) is 9.69 Å². The van der Waals surface area contributed by atoms with Crippen molar-refractivity contribution in [1.29, 1.82) is 0 Å². The highest BCUT2D eigenvalue weighted by atomic mass is 16.6. The molecule has 0 spiro atoms. The van der Waals surface area contributed by atoms with Gasteiger partial charge < -0.3 is 19.9 Å². The number of rotatable bonds is 7. The highest BCUT2D eigenvalue weighted by molar-refractivity contribution is 5.76. The van der Waals surface area contributed by atoms with Crippen molar-refractivity contribution in [2.75, 3.05) is 39.3 Å². The van der Waals surface area contributed by atoms with Crippen molar-refractivity contribution in [3.05, 3.63) is 33.6 Å². The van der Waals surface area contributed by atoms with Crippen LogP contribution in [0.25, 0.3) is 4.85 Å². The van der Waals surface area contributed by atoms with E-state index in [4.69, 9.17) is 6.57 Å². The molecule has 0 unspecified atom stereocenters. The molecular formula is C15H22N6O3. The van der Waals surface area contributed by atoms with E-state index in [-0.39, 0.29) is 11.7 Å². The second-order valence-electron chi connectivity index (χ2n) is 5.78. The summed E-state index contributed by atoms with van der Waals surface area (Å²) >= 11 is 0. The second kappa shape index (κ2) is 8.40. The fraction of sp³-hybridized carbons (Fsp3) is 0.667. The minimum atomic E-state index is -0.417. The van der Waals surface area contributed by atoms with Crippen LogP contribution in [-0.4, -0.2) is 69.4 Å². The Morgan fingerprint density at radius 2 is 2.08 bits per heavy atom. The molecule has 1 aliphatic rings. The number of imidazole rings is 1. The molecule has 0 bridgehead atoms. The molecule has 9 heteroatoms. The Bertz CT molecular complexity index is 628. The van der Waals surface area contributed by atoms with Crippen LogP contribution in [0.5, 0.6) is 0 Å². The predicted octanol–water partition coefficient (Wildman–Crippen LogP) is 0.943. The van der Waals surface area contributed by atoms with Gasteiger partial charge >= 0.3 is 5.82 Å². The first-order chi connectivity index (χ1) is 11.5. The maximum atomic E-state index is 12.0. The zero-order valence-electron chi connectivity index (χ0n) is 13.8. The van der Waals surface area contributed by atoms with Crippen molar-refractivity contribution < 1.29 is 9.72 Å². The van der Waals surface area contributed by atoms with Crippen LogP contribution < -0.4 is 0 Å². The quantitative estimate of drug-likeness (QED) is 0.320. The van der Waals surface area contributed by atoms with E-state index in [9.17, 15) is 14.9 Å². The number of hydrogen-bond donors (Lipinski definition) is 0. The summed E-state index contributed by atoms with van der Waals surface area (Å²) in [5.41, 5.74) is 0. The Balaban J connectivity index is 1.78. The SMILES string of the molecule is [C-]#[N+]CCCC(=O)N1CCN(CCn2c([N+](=O)[O-])cnc2C)CC1. The molecule has 2 rings (SSSR count). The van der Waals surface area contributed by atoms with Crippen LogP contribution in [0.4, 0.5) is 5.82 Å². The van der Waals surface area contributed by atoms with E-state index in [1.165, 1.54) is 6.20 Å². The molecule has 24 heavy (non-hydrogen) atoms. The summed E-state index contributed by atoms with van der Waals surface area (Å²) in [4.78, 5) is 33.9. The average Bonchev–Trinajstić information content (AvgIpc) is 2.94. The number of nitrogens with zero attached hydrogens (tertiary/aromatic N) is 6. The third kappa shape index (κ3) is 4.52. The lowest BCUT2D eigenvalue weighted by atomic mass is 10.2. The van der Waals surface area contributed by atoms with Crippen LogP contribution in [0.3, 0.4) is 0 Å². The highest BCUT2D eigenvalue weighted by Gasteiger charge is 2.23. The largest absolute Gasteiger partial charge is 0.358 e. The summed E-state index contributed by atoms with van der Waals surface area (Å²) in [6.07, 6.45) is 2.34. The molecule has 2 heterocycles. The summed E-state index contributed by atoms with van der Waals surface area (Å²) < 4.78 is 1.61.